The van der Waals surface area contributed by atoms with Crippen LogP contribution in [0, 0.1) is 0 Å². The molecular formula is C14H11BrN2O3. The molecule has 1 N–H and O–H groups in total. The molecule has 1 aliphatic heterocycles. The van der Waals surface area contributed by atoms with E-state index in [1.807, 2.05) is 0 Å². The van der Waals surface area contributed by atoms with Gasteiger partial charge >= 0.3 is 0 Å². The number of anilines is 1. The predicted molar refractivity (Wildman–Crippen MR) is 77.3 cm³/mol. The largest absolute Gasteiger partial charge is 0.486 e. The Morgan fingerprint density at radius 2 is 1.95 bits per heavy atom. The number of fused-ring (bicyclic) bond motifs is 1. The van der Waals surface area contributed by atoms with Crippen LogP contribution in [0.25, 0.3) is 0 Å². The summed E-state index contributed by atoms with van der Waals surface area (Å²) in [5, 5.41) is 2.80. The van der Waals surface area contributed by atoms with Crippen molar-refractivity contribution in [2.75, 3.05) is 18.5 Å². The maximum absolute atomic E-state index is 12.2. The third-order valence-corrected chi connectivity index (χ3v) is 3.39. The van der Waals surface area contributed by atoms with Crippen LogP contribution in [0.5, 0.6) is 11.5 Å². The molecule has 0 unspecified atom stereocenters. The summed E-state index contributed by atoms with van der Waals surface area (Å²) < 4.78 is 11.7. The number of halogens is 1. The maximum Gasteiger partial charge on any atom is 0.255 e. The van der Waals surface area contributed by atoms with Gasteiger partial charge in [0.1, 0.15) is 13.2 Å². The van der Waals surface area contributed by atoms with Crippen molar-refractivity contribution in [3.8, 4) is 11.5 Å². The monoisotopic (exact) mass is 334 g/mol. The van der Waals surface area contributed by atoms with E-state index in [1.165, 1.54) is 0 Å². The van der Waals surface area contributed by atoms with Crippen molar-refractivity contribution in [2.24, 2.45) is 0 Å². The second-order valence-electron chi connectivity index (χ2n) is 4.17. The first-order chi connectivity index (χ1) is 9.74. The molecular weight excluding hydrogens is 324 g/mol. The summed E-state index contributed by atoms with van der Waals surface area (Å²) in [6.07, 6.45) is 3.24. The molecule has 6 heteroatoms. The van der Waals surface area contributed by atoms with Gasteiger partial charge in [0.25, 0.3) is 5.91 Å². The van der Waals surface area contributed by atoms with Crippen molar-refractivity contribution in [3.63, 3.8) is 0 Å². The van der Waals surface area contributed by atoms with Gasteiger partial charge in [-0.15, -0.1) is 0 Å². The highest BCUT2D eigenvalue weighted by atomic mass is 79.9. The third kappa shape index (κ3) is 2.60. The number of benzene rings is 1. The minimum atomic E-state index is -0.214. The van der Waals surface area contributed by atoms with Crippen molar-refractivity contribution < 1.29 is 14.3 Å². The summed E-state index contributed by atoms with van der Waals surface area (Å²) in [7, 11) is 0. The Hall–Kier alpha value is -2.08. The Morgan fingerprint density at radius 3 is 2.75 bits per heavy atom. The quantitative estimate of drug-likeness (QED) is 0.917. The van der Waals surface area contributed by atoms with E-state index in [2.05, 4.69) is 26.2 Å². The zero-order valence-electron chi connectivity index (χ0n) is 10.4. The van der Waals surface area contributed by atoms with Crippen molar-refractivity contribution in [3.05, 3.63) is 46.7 Å². The molecule has 1 aromatic carbocycles. The Morgan fingerprint density at radius 1 is 1.20 bits per heavy atom. The van der Waals surface area contributed by atoms with E-state index >= 15 is 0 Å². The van der Waals surface area contributed by atoms with E-state index in [4.69, 9.17) is 9.47 Å². The Labute approximate surface area is 124 Å². The van der Waals surface area contributed by atoms with Gasteiger partial charge in [0.2, 0.25) is 0 Å². The van der Waals surface area contributed by atoms with Gasteiger partial charge in [-0.1, -0.05) is 0 Å². The first-order valence-electron chi connectivity index (χ1n) is 6.04. The second-order valence-corrected chi connectivity index (χ2v) is 5.03. The molecule has 0 aliphatic carbocycles. The van der Waals surface area contributed by atoms with Crippen molar-refractivity contribution >= 4 is 27.5 Å². The number of amides is 1. The molecule has 1 amide bonds. The fraction of sp³-hybridized carbons (Fsp3) is 0.143. The number of carbonyl (C=O) groups excluding carboxylic acids is 1. The number of hydrogen-bond donors (Lipinski definition) is 1. The average molecular weight is 335 g/mol. The summed E-state index contributed by atoms with van der Waals surface area (Å²) >= 11 is 3.39. The summed E-state index contributed by atoms with van der Waals surface area (Å²) in [5.74, 6) is 0.996. The van der Waals surface area contributed by atoms with Crippen LogP contribution in [0.4, 0.5) is 5.69 Å². The maximum atomic E-state index is 12.2. The van der Waals surface area contributed by atoms with Gasteiger partial charge in [-0.2, -0.15) is 0 Å². The van der Waals surface area contributed by atoms with Crippen LogP contribution in [-0.4, -0.2) is 24.1 Å². The molecule has 0 fully saturated rings. The van der Waals surface area contributed by atoms with Crippen LogP contribution in [0.3, 0.4) is 0 Å². The lowest BCUT2D eigenvalue weighted by Crippen LogP contribution is -2.17. The molecule has 1 aromatic heterocycles. The van der Waals surface area contributed by atoms with Crippen LogP contribution < -0.4 is 14.8 Å². The number of ether oxygens (including phenoxy) is 2. The van der Waals surface area contributed by atoms with Gasteiger partial charge in [-0.05, 0) is 40.2 Å². The van der Waals surface area contributed by atoms with Crippen LogP contribution in [0.1, 0.15) is 10.4 Å². The molecule has 0 saturated carbocycles. The van der Waals surface area contributed by atoms with Crippen LogP contribution in [-0.2, 0) is 0 Å². The van der Waals surface area contributed by atoms with Gasteiger partial charge in [0.05, 0.1) is 4.47 Å². The van der Waals surface area contributed by atoms with E-state index in [1.54, 1.807) is 36.7 Å². The highest BCUT2D eigenvalue weighted by molar-refractivity contribution is 9.10. The predicted octanol–water partition coefficient (Wildman–Crippen LogP) is 2.87. The standard InChI is InChI=1S/C14H11BrN2O3/c15-11-7-9(8-12-13(11)20-6-5-19-12)14(18)17-10-1-3-16-4-2-10/h1-4,7-8H,5-6H2,(H,16,17,18). The number of carbonyl (C=O) groups is 1. The van der Waals surface area contributed by atoms with Crippen LogP contribution >= 0.6 is 15.9 Å². The fourth-order valence-corrected chi connectivity index (χ4v) is 2.44. The topological polar surface area (TPSA) is 60.5 Å². The molecule has 1 aliphatic rings. The lowest BCUT2D eigenvalue weighted by molar-refractivity contribution is 0.102. The molecule has 0 atom stereocenters. The summed E-state index contributed by atoms with van der Waals surface area (Å²) in [4.78, 5) is 16.1. The zero-order chi connectivity index (χ0) is 13.9. The number of hydrogen-bond acceptors (Lipinski definition) is 4. The normalized spacial score (nSPS) is 12.8. The Bertz CT molecular complexity index is 646. The Balaban J connectivity index is 1.87. The van der Waals surface area contributed by atoms with E-state index in [0.717, 1.165) is 0 Å². The molecule has 2 heterocycles. The third-order valence-electron chi connectivity index (χ3n) is 2.80. The van der Waals surface area contributed by atoms with Crippen LogP contribution in [0.15, 0.2) is 41.1 Å². The van der Waals surface area contributed by atoms with Crippen molar-refractivity contribution in [1.82, 2.24) is 4.98 Å². The Kier molecular flexibility index (Phi) is 3.56. The lowest BCUT2D eigenvalue weighted by atomic mass is 10.1. The summed E-state index contributed by atoms with van der Waals surface area (Å²) in [6.45, 7) is 0.989. The van der Waals surface area contributed by atoms with Crippen LogP contribution in [0.2, 0.25) is 0 Å². The summed E-state index contributed by atoms with van der Waals surface area (Å²) in [5.41, 5.74) is 1.19. The van der Waals surface area contributed by atoms with Crippen molar-refractivity contribution in [1.29, 1.82) is 0 Å². The number of pyridine rings is 1. The summed E-state index contributed by atoms with van der Waals surface area (Å²) in [6, 6.07) is 6.84. The smallest absolute Gasteiger partial charge is 0.255 e. The molecule has 0 saturated heterocycles. The van der Waals surface area contributed by atoms with Crippen molar-refractivity contribution in [2.45, 2.75) is 0 Å². The first kappa shape index (κ1) is 12.9. The van der Waals surface area contributed by atoms with E-state index in [0.29, 0.717) is 40.4 Å². The molecule has 5 nitrogen and oxygen atoms in total. The molecule has 0 spiro atoms. The lowest BCUT2D eigenvalue weighted by Gasteiger charge is -2.20. The van der Waals surface area contributed by atoms with E-state index < -0.39 is 0 Å². The number of nitrogens with zero attached hydrogens (tertiary/aromatic N) is 1. The van der Waals surface area contributed by atoms with Gasteiger partial charge < -0.3 is 14.8 Å². The molecule has 2 aromatic rings. The fourth-order valence-electron chi connectivity index (χ4n) is 1.88. The minimum absolute atomic E-state index is 0.214. The average Bonchev–Trinajstić information content (AvgIpc) is 2.48. The highest BCUT2D eigenvalue weighted by Crippen LogP contribution is 2.38. The second kappa shape index (κ2) is 5.50. The first-order valence-corrected chi connectivity index (χ1v) is 6.84. The van der Waals surface area contributed by atoms with E-state index in [-0.39, 0.29) is 5.91 Å². The molecule has 20 heavy (non-hydrogen) atoms. The molecule has 3 rings (SSSR count). The van der Waals surface area contributed by atoms with E-state index in [9.17, 15) is 4.79 Å². The number of rotatable bonds is 2. The highest BCUT2D eigenvalue weighted by Gasteiger charge is 2.19. The number of aromatic nitrogens is 1. The van der Waals surface area contributed by atoms with Gasteiger partial charge in [0.15, 0.2) is 11.5 Å². The zero-order valence-corrected chi connectivity index (χ0v) is 12.0. The molecule has 0 bridgehead atoms. The molecule has 0 radical (unpaired) electrons. The molecule has 102 valence electrons. The number of nitrogens with one attached hydrogen (secondary N) is 1. The minimum Gasteiger partial charge on any atom is -0.486 e. The van der Waals surface area contributed by atoms with Gasteiger partial charge in [-0.3, -0.25) is 9.78 Å². The SMILES string of the molecule is O=C(Nc1ccncc1)c1cc(Br)c2c(c1)OCCO2. The van der Waals surface area contributed by atoms with Gasteiger partial charge in [-0.25, -0.2) is 0 Å². The van der Waals surface area contributed by atoms with Gasteiger partial charge in [0, 0.05) is 23.6 Å².